The summed E-state index contributed by atoms with van der Waals surface area (Å²) in [5, 5.41) is 10.1. The lowest BCUT2D eigenvalue weighted by Crippen LogP contribution is -2.12. The van der Waals surface area contributed by atoms with Crippen LogP contribution in [-0.2, 0) is 0 Å². The minimum Gasteiger partial charge on any atom is -0.493 e. The Morgan fingerprint density at radius 1 is 1.29 bits per heavy atom. The summed E-state index contributed by atoms with van der Waals surface area (Å²) in [6.07, 6.45) is 0. The second kappa shape index (κ2) is 5.21. The maximum absolute atomic E-state index is 12.2. The topological polar surface area (TPSA) is 79.1 Å². The van der Waals surface area contributed by atoms with Gasteiger partial charge in [-0.05, 0) is 40.5 Å². The predicted octanol–water partition coefficient (Wildman–Crippen LogP) is 3.47. The van der Waals surface area contributed by atoms with Gasteiger partial charge >= 0.3 is 0 Å². The van der Waals surface area contributed by atoms with Crippen LogP contribution in [0.25, 0.3) is 22.7 Å². The first-order chi connectivity index (χ1) is 10.0. The maximum atomic E-state index is 12.2. The molecule has 0 saturated heterocycles. The molecule has 2 aromatic heterocycles. The Bertz CT molecular complexity index is 867. The fourth-order valence-electron chi connectivity index (χ4n) is 2.08. The Balaban J connectivity index is 2.15. The summed E-state index contributed by atoms with van der Waals surface area (Å²) in [7, 11) is 0. The molecule has 106 valence electrons. The number of rotatable bonds is 2. The fourth-order valence-corrected chi connectivity index (χ4v) is 2.39. The Hall–Kier alpha value is -2.34. The summed E-state index contributed by atoms with van der Waals surface area (Å²) < 4.78 is 5.83. The summed E-state index contributed by atoms with van der Waals surface area (Å²) >= 11 is 3.18. The van der Waals surface area contributed by atoms with Crippen LogP contribution in [0.4, 0.5) is 0 Å². The molecule has 1 aromatic carbocycles. The van der Waals surface area contributed by atoms with Gasteiger partial charge < -0.3 is 14.5 Å². The minimum atomic E-state index is -0.421. The SMILES string of the molecule is Cc1cccc(-c2c(O)nc(-c3ccc(Br)o3)[nH]c2=O)c1. The highest BCUT2D eigenvalue weighted by atomic mass is 79.9. The number of furan rings is 1. The van der Waals surface area contributed by atoms with Crippen LogP contribution in [0, 0.1) is 6.92 Å². The lowest BCUT2D eigenvalue weighted by Gasteiger charge is -2.05. The Morgan fingerprint density at radius 3 is 2.71 bits per heavy atom. The molecule has 0 fully saturated rings. The van der Waals surface area contributed by atoms with Crippen molar-refractivity contribution >= 4 is 15.9 Å². The molecular weight excluding hydrogens is 336 g/mol. The third-order valence-electron chi connectivity index (χ3n) is 3.01. The maximum Gasteiger partial charge on any atom is 0.263 e. The molecule has 0 saturated carbocycles. The Morgan fingerprint density at radius 2 is 2.10 bits per heavy atom. The first-order valence-corrected chi connectivity index (χ1v) is 7.00. The quantitative estimate of drug-likeness (QED) is 0.744. The van der Waals surface area contributed by atoms with Crippen molar-refractivity contribution in [2.45, 2.75) is 6.92 Å². The molecule has 21 heavy (non-hydrogen) atoms. The lowest BCUT2D eigenvalue weighted by atomic mass is 10.1. The second-order valence-corrected chi connectivity index (χ2v) is 5.37. The smallest absolute Gasteiger partial charge is 0.263 e. The molecule has 0 aliphatic rings. The van der Waals surface area contributed by atoms with Crippen LogP contribution in [-0.4, -0.2) is 15.1 Å². The van der Waals surface area contributed by atoms with Gasteiger partial charge in [0, 0.05) is 0 Å². The zero-order valence-corrected chi connectivity index (χ0v) is 12.6. The fraction of sp³-hybridized carbons (Fsp3) is 0.0667. The first-order valence-electron chi connectivity index (χ1n) is 6.20. The molecule has 0 radical (unpaired) electrons. The van der Waals surface area contributed by atoms with E-state index in [9.17, 15) is 9.90 Å². The van der Waals surface area contributed by atoms with Crippen molar-refractivity contribution in [2.24, 2.45) is 0 Å². The van der Waals surface area contributed by atoms with Crippen LogP contribution in [0.3, 0.4) is 0 Å². The minimum absolute atomic E-state index is 0.146. The van der Waals surface area contributed by atoms with Gasteiger partial charge in [0.1, 0.15) is 5.56 Å². The summed E-state index contributed by atoms with van der Waals surface area (Å²) in [6, 6.07) is 10.6. The highest BCUT2D eigenvalue weighted by Crippen LogP contribution is 2.27. The van der Waals surface area contributed by atoms with Gasteiger partial charge in [0.2, 0.25) is 5.88 Å². The highest BCUT2D eigenvalue weighted by molar-refractivity contribution is 9.10. The van der Waals surface area contributed by atoms with Gasteiger partial charge in [0.15, 0.2) is 16.3 Å². The second-order valence-electron chi connectivity index (χ2n) is 4.59. The van der Waals surface area contributed by atoms with Crippen molar-refractivity contribution in [1.82, 2.24) is 9.97 Å². The number of aryl methyl sites for hydroxylation is 1. The molecule has 0 aliphatic carbocycles. The van der Waals surface area contributed by atoms with Gasteiger partial charge in [-0.15, -0.1) is 0 Å². The molecule has 2 heterocycles. The van der Waals surface area contributed by atoms with Crippen LogP contribution < -0.4 is 5.56 Å². The summed E-state index contributed by atoms with van der Waals surface area (Å²) in [6.45, 7) is 1.91. The van der Waals surface area contributed by atoms with Crippen molar-refractivity contribution in [1.29, 1.82) is 0 Å². The van der Waals surface area contributed by atoms with Crippen molar-refractivity contribution in [3.8, 4) is 28.6 Å². The van der Waals surface area contributed by atoms with Gasteiger partial charge in [-0.3, -0.25) is 4.79 Å². The van der Waals surface area contributed by atoms with Gasteiger partial charge in [-0.1, -0.05) is 29.8 Å². The molecule has 0 atom stereocenters. The number of halogens is 1. The van der Waals surface area contributed by atoms with E-state index < -0.39 is 5.56 Å². The molecule has 0 aliphatic heterocycles. The van der Waals surface area contributed by atoms with Crippen molar-refractivity contribution in [2.75, 3.05) is 0 Å². The summed E-state index contributed by atoms with van der Waals surface area (Å²) in [4.78, 5) is 18.9. The summed E-state index contributed by atoms with van der Waals surface area (Å²) in [5.41, 5.74) is 1.34. The predicted molar refractivity (Wildman–Crippen MR) is 82.1 cm³/mol. The molecule has 5 nitrogen and oxygen atoms in total. The van der Waals surface area contributed by atoms with E-state index >= 15 is 0 Å². The summed E-state index contributed by atoms with van der Waals surface area (Å²) in [5.74, 6) is 0.219. The number of aromatic nitrogens is 2. The van der Waals surface area contributed by atoms with E-state index in [1.54, 1.807) is 18.2 Å². The van der Waals surface area contributed by atoms with E-state index in [1.807, 2.05) is 25.1 Å². The van der Waals surface area contributed by atoms with E-state index in [4.69, 9.17) is 4.42 Å². The third-order valence-corrected chi connectivity index (χ3v) is 3.44. The average molecular weight is 347 g/mol. The lowest BCUT2D eigenvalue weighted by molar-refractivity contribution is 0.452. The van der Waals surface area contributed by atoms with Gasteiger partial charge in [0.05, 0.1) is 0 Å². The molecular formula is C15H11BrN2O3. The molecule has 0 spiro atoms. The van der Waals surface area contributed by atoms with Crippen molar-refractivity contribution < 1.29 is 9.52 Å². The zero-order valence-electron chi connectivity index (χ0n) is 11.1. The van der Waals surface area contributed by atoms with Crippen molar-refractivity contribution in [3.05, 3.63) is 57.0 Å². The largest absolute Gasteiger partial charge is 0.493 e. The van der Waals surface area contributed by atoms with E-state index in [1.165, 1.54) is 0 Å². The number of aromatic hydroxyl groups is 1. The van der Waals surface area contributed by atoms with Crippen molar-refractivity contribution in [3.63, 3.8) is 0 Å². The number of hydrogen-bond acceptors (Lipinski definition) is 4. The molecule has 3 rings (SSSR count). The highest BCUT2D eigenvalue weighted by Gasteiger charge is 2.15. The number of hydrogen-bond donors (Lipinski definition) is 2. The molecule has 6 heteroatoms. The molecule has 0 unspecified atom stereocenters. The molecule has 0 amide bonds. The van der Waals surface area contributed by atoms with Crippen LogP contribution in [0.5, 0.6) is 5.88 Å². The van der Waals surface area contributed by atoms with Gasteiger partial charge in [-0.25, -0.2) is 0 Å². The number of nitrogens with one attached hydrogen (secondary N) is 1. The number of H-pyrrole nitrogens is 1. The van der Waals surface area contributed by atoms with Crippen LogP contribution in [0.2, 0.25) is 0 Å². The van der Waals surface area contributed by atoms with E-state index in [2.05, 4.69) is 25.9 Å². The normalized spacial score (nSPS) is 10.8. The van der Waals surface area contributed by atoms with E-state index in [0.29, 0.717) is 16.0 Å². The number of aromatic amines is 1. The monoisotopic (exact) mass is 346 g/mol. The standard InChI is InChI=1S/C15H11BrN2O3/c1-8-3-2-4-9(7-8)12-14(19)17-13(18-15(12)20)10-5-6-11(16)21-10/h2-7H,1H3,(H2,17,18,19,20). The van der Waals surface area contributed by atoms with Crippen LogP contribution in [0.1, 0.15) is 5.56 Å². The zero-order chi connectivity index (χ0) is 15.0. The van der Waals surface area contributed by atoms with E-state index in [-0.39, 0.29) is 17.3 Å². The van der Waals surface area contributed by atoms with Crippen LogP contribution >= 0.6 is 15.9 Å². The molecule has 3 aromatic rings. The molecule has 2 N–H and O–H groups in total. The van der Waals surface area contributed by atoms with E-state index in [0.717, 1.165) is 5.56 Å². The van der Waals surface area contributed by atoms with Gasteiger partial charge in [0.25, 0.3) is 5.56 Å². The van der Waals surface area contributed by atoms with Crippen LogP contribution in [0.15, 0.2) is 50.3 Å². The van der Waals surface area contributed by atoms with Gasteiger partial charge in [-0.2, -0.15) is 4.98 Å². The Labute approximate surface area is 128 Å². The molecule has 0 bridgehead atoms. The third kappa shape index (κ3) is 2.62. The number of benzene rings is 1. The Kier molecular flexibility index (Phi) is 3.39. The average Bonchev–Trinajstić information content (AvgIpc) is 2.85. The first kappa shape index (κ1) is 13.6. The number of nitrogens with zero attached hydrogens (tertiary/aromatic N) is 1.